The SMILES string of the molecule is O=C(Nc1ccc(N2CCCS2(=O)=O)cc1)c1nn(-c2ccc(F)cc2)c2c1CCC2. The quantitative estimate of drug-likeness (QED) is 0.675. The Hall–Kier alpha value is -3.20. The Morgan fingerprint density at radius 2 is 1.68 bits per heavy atom. The highest BCUT2D eigenvalue weighted by Gasteiger charge is 2.29. The number of halogens is 1. The van der Waals surface area contributed by atoms with Gasteiger partial charge in [0, 0.05) is 23.5 Å². The number of hydrogen-bond donors (Lipinski definition) is 1. The van der Waals surface area contributed by atoms with Gasteiger partial charge in [-0.05, 0) is 74.2 Å². The Balaban J connectivity index is 1.39. The van der Waals surface area contributed by atoms with Crippen LogP contribution in [0.2, 0.25) is 0 Å². The van der Waals surface area contributed by atoms with Crippen LogP contribution in [0.1, 0.15) is 34.6 Å². The lowest BCUT2D eigenvalue weighted by Gasteiger charge is -2.17. The van der Waals surface area contributed by atoms with Crippen molar-refractivity contribution < 1.29 is 17.6 Å². The number of amides is 1. The molecule has 2 heterocycles. The Kier molecular flexibility index (Phi) is 4.77. The highest BCUT2D eigenvalue weighted by Crippen LogP contribution is 2.29. The molecule has 0 unspecified atom stereocenters. The van der Waals surface area contributed by atoms with Crippen molar-refractivity contribution in [3.63, 3.8) is 0 Å². The van der Waals surface area contributed by atoms with Crippen LogP contribution >= 0.6 is 0 Å². The maximum atomic E-state index is 13.3. The normalized spacial score (nSPS) is 17.0. The summed E-state index contributed by atoms with van der Waals surface area (Å²) in [6.45, 7) is 0.473. The van der Waals surface area contributed by atoms with Gasteiger partial charge in [0.05, 0.1) is 17.1 Å². The minimum atomic E-state index is -3.24. The van der Waals surface area contributed by atoms with Crippen molar-refractivity contribution in [3.8, 4) is 5.69 Å². The molecule has 0 saturated carbocycles. The molecule has 0 radical (unpaired) electrons. The van der Waals surface area contributed by atoms with Gasteiger partial charge in [0.2, 0.25) is 10.0 Å². The minimum Gasteiger partial charge on any atom is -0.321 e. The van der Waals surface area contributed by atoms with Gasteiger partial charge in [-0.15, -0.1) is 0 Å². The van der Waals surface area contributed by atoms with Crippen LogP contribution in [0.3, 0.4) is 0 Å². The number of benzene rings is 2. The van der Waals surface area contributed by atoms with E-state index in [2.05, 4.69) is 10.4 Å². The third kappa shape index (κ3) is 3.59. The number of aromatic nitrogens is 2. The van der Waals surface area contributed by atoms with Gasteiger partial charge in [-0.2, -0.15) is 5.10 Å². The topological polar surface area (TPSA) is 84.3 Å². The summed E-state index contributed by atoms with van der Waals surface area (Å²) in [5.41, 5.74) is 4.14. The van der Waals surface area contributed by atoms with E-state index >= 15 is 0 Å². The van der Waals surface area contributed by atoms with Crippen LogP contribution in [0.5, 0.6) is 0 Å². The third-order valence-electron chi connectivity index (χ3n) is 5.73. The first kappa shape index (κ1) is 19.7. The zero-order chi connectivity index (χ0) is 21.6. The molecule has 1 aromatic heterocycles. The van der Waals surface area contributed by atoms with Crippen molar-refractivity contribution in [1.82, 2.24) is 9.78 Å². The summed E-state index contributed by atoms with van der Waals surface area (Å²) < 4.78 is 40.6. The average molecular weight is 441 g/mol. The first-order chi connectivity index (χ1) is 14.9. The second-order valence-corrected chi connectivity index (χ2v) is 9.77. The zero-order valence-corrected chi connectivity index (χ0v) is 17.5. The number of anilines is 2. The number of nitrogens with one attached hydrogen (secondary N) is 1. The monoisotopic (exact) mass is 440 g/mol. The van der Waals surface area contributed by atoms with E-state index in [1.165, 1.54) is 16.4 Å². The van der Waals surface area contributed by atoms with Crippen LogP contribution in [0.25, 0.3) is 5.69 Å². The van der Waals surface area contributed by atoms with Gasteiger partial charge < -0.3 is 5.32 Å². The predicted molar refractivity (Wildman–Crippen MR) is 116 cm³/mol. The smallest absolute Gasteiger partial charge is 0.276 e. The van der Waals surface area contributed by atoms with Gasteiger partial charge in [0.15, 0.2) is 5.69 Å². The van der Waals surface area contributed by atoms with Crippen LogP contribution < -0.4 is 9.62 Å². The first-order valence-electron chi connectivity index (χ1n) is 10.2. The molecule has 1 fully saturated rings. The summed E-state index contributed by atoms with van der Waals surface area (Å²) in [7, 11) is -3.24. The predicted octanol–water partition coefficient (Wildman–Crippen LogP) is 3.29. The summed E-state index contributed by atoms with van der Waals surface area (Å²) in [5, 5.41) is 7.38. The molecule has 0 bridgehead atoms. The van der Waals surface area contributed by atoms with Crippen molar-refractivity contribution in [3.05, 3.63) is 71.3 Å². The van der Waals surface area contributed by atoms with E-state index in [9.17, 15) is 17.6 Å². The Labute approximate surface area is 179 Å². The van der Waals surface area contributed by atoms with Gasteiger partial charge in [-0.25, -0.2) is 17.5 Å². The molecule has 31 heavy (non-hydrogen) atoms. The summed E-state index contributed by atoms with van der Waals surface area (Å²) in [5.74, 6) is -0.482. The summed E-state index contributed by atoms with van der Waals surface area (Å²) in [4.78, 5) is 13.0. The molecule has 1 saturated heterocycles. The molecular weight excluding hydrogens is 419 g/mol. The molecule has 1 N–H and O–H groups in total. The molecule has 160 valence electrons. The fourth-order valence-corrected chi connectivity index (χ4v) is 5.81. The Morgan fingerprint density at radius 3 is 2.35 bits per heavy atom. The first-order valence-corrected chi connectivity index (χ1v) is 11.8. The van der Waals surface area contributed by atoms with Crippen LogP contribution in [0.15, 0.2) is 48.5 Å². The second kappa shape index (κ2) is 7.49. The average Bonchev–Trinajstić information content (AvgIpc) is 3.44. The van der Waals surface area contributed by atoms with Crippen LogP contribution in [0.4, 0.5) is 15.8 Å². The molecule has 2 aromatic carbocycles. The van der Waals surface area contributed by atoms with Crippen molar-refractivity contribution >= 4 is 27.3 Å². The highest BCUT2D eigenvalue weighted by molar-refractivity contribution is 7.93. The maximum Gasteiger partial charge on any atom is 0.276 e. The fraction of sp³-hybridized carbons (Fsp3) is 0.273. The second-order valence-electron chi connectivity index (χ2n) is 7.76. The van der Waals surface area contributed by atoms with Crippen LogP contribution in [-0.2, 0) is 22.9 Å². The van der Waals surface area contributed by atoms with E-state index in [1.807, 2.05) is 0 Å². The summed E-state index contributed by atoms with van der Waals surface area (Å²) in [6, 6.07) is 12.8. The van der Waals surface area contributed by atoms with E-state index in [0.29, 0.717) is 30.0 Å². The Morgan fingerprint density at radius 1 is 0.968 bits per heavy atom. The number of fused-ring (bicyclic) bond motifs is 1. The molecule has 3 aromatic rings. The van der Waals surface area contributed by atoms with Crippen LogP contribution in [0, 0.1) is 5.82 Å². The lowest BCUT2D eigenvalue weighted by molar-refractivity contribution is 0.102. The van der Waals surface area contributed by atoms with E-state index in [0.717, 1.165) is 36.2 Å². The molecule has 1 aliphatic carbocycles. The van der Waals surface area contributed by atoms with Gasteiger partial charge >= 0.3 is 0 Å². The number of carbonyl (C=O) groups is 1. The highest BCUT2D eigenvalue weighted by atomic mass is 32.2. The molecule has 9 heteroatoms. The molecular formula is C22H21FN4O3S. The van der Waals surface area contributed by atoms with E-state index in [1.54, 1.807) is 41.1 Å². The standard InChI is InChI=1S/C22H21FN4O3S/c23-15-5-9-18(10-6-15)27-20-4-1-3-19(20)21(25-27)22(28)24-16-7-11-17(12-8-16)26-13-2-14-31(26,29)30/h5-12H,1-4,13-14H2,(H,24,28). The number of carbonyl (C=O) groups excluding carboxylic acids is 1. The number of rotatable bonds is 4. The van der Waals surface area contributed by atoms with Crippen molar-refractivity contribution in [2.45, 2.75) is 25.7 Å². The lowest BCUT2D eigenvalue weighted by Crippen LogP contribution is -2.25. The van der Waals surface area contributed by atoms with E-state index in [-0.39, 0.29) is 17.5 Å². The molecule has 0 atom stereocenters. The zero-order valence-electron chi connectivity index (χ0n) is 16.7. The number of hydrogen-bond acceptors (Lipinski definition) is 4. The molecule has 1 aliphatic heterocycles. The number of sulfonamides is 1. The van der Waals surface area contributed by atoms with Crippen molar-refractivity contribution in [1.29, 1.82) is 0 Å². The fourth-order valence-electron chi connectivity index (χ4n) is 4.25. The molecule has 2 aliphatic rings. The maximum absolute atomic E-state index is 13.3. The lowest BCUT2D eigenvalue weighted by atomic mass is 10.2. The van der Waals surface area contributed by atoms with Crippen molar-refractivity contribution in [2.75, 3.05) is 21.9 Å². The van der Waals surface area contributed by atoms with Crippen molar-refractivity contribution in [2.24, 2.45) is 0 Å². The van der Waals surface area contributed by atoms with E-state index < -0.39 is 10.0 Å². The molecule has 1 amide bonds. The summed E-state index contributed by atoms with van der Waals surface area (Å²) >= 11 is 0. The molecule has 0 spiro atoms. The van der Waals surface area contributed by atoms with E-state index in [4.69, 9.17) is 0 Å². The molecule has 5 rings (SSSR count). The third-order valence-corrected chi connectivity index (χ3v) is 7.60. The van der Waals surface area contributed by atoms with Gasteiger partial charge in [0.1, 0.15) is 5.82 Å². The minimum absolute atomic E-state index is 0.160. The largest absolute Gasteiger partial charge is 0.321 e. The van der Waals surface area contributed by atoms with Gasteiger partial charge in [-0.1, -0.05) is 0 Å². The Bertz CT molecular complexity index is 1250. The number of nitrogens with zero attached hydrogens (tertiary/aromatic N) is 3. The molecule has 7 nitrogen and oxygen atoms in total. The van der Waals surface area contributed by atoms with Crippen LogP contribution in [-0.4, -0.2) is 36.4 Å². The van der Waals surface area contributed by atoms with Gasteiger partial charge in [-0.3, -0.25) is 9.10 Å². The van der Waals surface area contributed by atoms with Gasteiger partial charge in [0.25, 0.3) is 5.91 Å². The summed E-state index contributed by atoms with van der Waals surface area (Å²) in [6.07, 6.45) is 3.13.